The number of nitrogens with zero attached hydrogens (tertiary/aromatic N) is 2. The van der Waals surface area contributed by atoms with Gasteiger partial charge in [-0.05, 0) is 26.1 Å². The second-order valence-corrected chi connectivity index (χ2v) is 7.40. The number of aromatic nitrogens is 2. The molecule has 9 nitrogen and oxygen atoms in total. The maximum Gasteiger partial charge on any atom is 0.471 e. The van der Waals surface area contributed by atoms with E-state index in [1.807, 2.05) is 0 Å². The fourth-order valence-electron chi connectivity index (χ4n) is 2.84. The highest BCUT2D eigenvalue weighted by Crippen LogP contribution is 2.29. The number of halogens is 3. The molecule has 1 saturated heterocycles. The molecule has 1 fully saturated rings. The lowest BCUT2D eigenvalue weighted by Crippen LogP contribution is -2.42. The van der Waals surface area contributed by atoms with Crippen LogP contribution in [0.5, 0.6) is 0 Å². The van der Waals surface area contributed by atoms with Gasteiger partial charge in [-0.3, -0.25) is 19.1 Å². The molecule has 1 unspecified atom stereocenters. The average Bonchev–Trinajstić information content (AvgIpc) is 2.93. The Kier molecular flexibility index (Phi) is 7.58. The van der Waals surface area contributed by atoms with Crippen LogP contribution in [-0.4, -0.2) is 73.3 Å². The largest absolute Gasteiger partial charge is 0.471 e. The molecule has 2 heterocycles. The van der Waals surface area contributed by atoms with Crippen molar-refractivity contribution in [3.63, 3.8) is 0 Å². The monoisotopic (exact) mass is 453 g/mol. The zero-order chi connectivity index (χ0) is 22.8. The number of hydrogen-bond acceptors (Lipinski definition) is 7. The summed E-state index contributed by atoms with van der Waals surface area (Å²) < 4.78 is 45.1. The Morgan fingerprint density at radius 3 is 2.50 bits per heavy atom. The Labute approximate surface area is 174 Å². The second kappa shape index (κ2) is 9.39. The van der Waals surface area contributed by atoms with Gasteiger partial charge < -0.3 is 25.0 Å². The Morgan fingerprint density at radius 2 is 2.00 bits per heavy atom. The number of amides is 1. The molecule has 1 aliphatic heterocycles. The van der Waals surface area contributed by atoms with Gasteiger partial charge in [0.1, 0.15) is 18.3 Å². The molecular weight excluding hydrogens is 431 g/mol. The highest BCUT2D eigenvalue weighted by molar-refractivity contribution is 7.71. The highest BCUT2D eigenvalue weighted by atomic mass is 32.1. The number of alkyl halides is 3. The van der Waals surface area contributed by atoms with Gasteiger partial charge in [0.25, 0.3) is 5.56 Å². The number of aliphatic hydroxyl groups excluding tert-OH is 3. The van der Waals surface area contributed by atoms with E-state index >= 15 is 0 Å². The molecule has 168 valence electrons. The van der Waals surface area contributed by atoms with E-state index in [9.17, 15) is 38.1 Å². The third-order valence-corrected chi connectivity index (χ3v) is 4.76. The van der Waals surface area contributed by atoms with Crippen LogP contribution in [0.15, 0.2) is 22.6 Å². The molecule has 1 amide bonds. The van der Waals surface area contributed by atoms with Crippen LogP contribution in [0.3, 0.4) is 0 Å². The van der Waals surface area contributed by atoms with Gasteiger partial charge in [0.05, 0.1) is 18.7 Å². The minimum Gasteiger partial charge on any atom is -0.394 e. The number of H-pyrrole nitrogens is 1. The van der Waals surface area contributed by atoms with Crippen molar-refractivity contribution in [3.05, 3.63) is 38.5 Å². The Balaban J connectivity index is 2.42. The van der Waals surface area contributed by atoms with E-state index < -0.39 is 55.3 Å². The normalized spacial score (nSPS) is 24.0. The fraction of sp³-hybridized carbons (Fsp3) is 0.588. The first-order valence-electron chi connectivity index (χ1n) is 8.83. The first-order valence-corrected chi connectivity index (χ1v) is 9.24. The number of allylic oxidation sites excluding steroid dienone is 1. The topological polar surface area (TPSA) is 128 Å². The van der Waals surface area contributed by atoms with Gasteiger partial charge >= 0.3 is 12.1 Å². The van der Waals surface area contributed by atoms with Crippen LogP contribution in [0.25, 0.3) is 0 Å². The van der Waals surface area contributed by atoms with Gasteiger partial charge in [-0.15, -0.1) is 0 Å². The smallest absolute Gasteiger partial charge is 0.394 e. The standard InChI is InChI=1S/C17H22F3N3O6S/c1-8(2)3-4-22(15(28)17(18,19)20)5-9-6-23(16(30)21-13(9)27)14-12(26)11(25)10(7-24)29-14/h3,6,10-12,14,24-26H,4-5,7H2,1-2H3,(H,21,27,30)/t10-,11?,12+,14-/m1/s1. The van der Waals surface area contributed by atoms with Gasteiger partial charge in [0.15, 0.2) is 11.0 Å². The van der Waals surface area contributed by atoms with Crippen molar-refractivity contribution in [1.29, 1.82) is 0 Å². The molecule has 2 rings (SSSR count). The quantitative estimate of drug-likeness (QED) is 0.362. The number of hydrogen-bond donors (Lipinski definition) is 4. The predicted molar refractivity (Wildman–Crippen MR) is 99.8 cm³/mol. The molecule has 0 saturated carbocycles. The zero-order valence-electron chi connectivity index (χ0n) is 16.1. The lowest BCUT2D eigenvalue weighted by Gasteiger charge is -2.24. The summed E-state index contributed by atoms with van der Waals surface area (Å²) in [5, 5.41) is 29.2. The summed E-state index contributed by atoms with van der Waals surface area (Å²) in [5.41, 5.74) is -0.396. The number of carbonyl (C=O) groups excluding carboxylic acids is 1. The minimum atomic E-state index is -5.14. The SMILES string of the molecule is CC(C)=CCN(Cc1cn([C@@H]2O[C@H](CO)C(O)[C@@H]2O)c(=S)[nH]c1=O)C(=O)C(F)(F)F. The Bertz CT molecular complexity index is 925. The summed E-state index contributed by atoms with van der Waals surface area (Å²) in [5.74, 6) is -2.12. The summed E-state index contributed by atoms with van der Waals surface area (Å²) in [6.45, 7) is 1.61. The number of nitrogens with one attached hydrogen (secondary N) is 1. The van der Waals surface area contributed by atoms with E-state index in [0.29, 0.717) is 10.5 Å². The Morgan fingerprint density at radius 1 is 1.37 bits per heavy atom. The van der Waals surface area contributed by atoms with Crippen LogP contribution in [0.2, 0.25) is 0 Å². The number of aromatic amines is 1. The fourth-order valence-corrected chi connectivity index (χ4v) is 3.08. The number of carbonyl (C=O) groups is 1. The van der Waals surface area contributed by atoms with Gasteiger partial charge in [-0.1, -0.05) is 11.6 Å². The van der Waals surface area contributed by atoms with Crippen LogP contribution in [0.1, 0.15) is 25.6 Å². The van der Waals surface area contributed by atoms with Gasteiger partial charge in [-0.2, -0.15) is 13.2 Å². The molecule has 4 N–H and O–H groups in total. The molecule has 0 bridgehead atoms. The Hall–Kier alpha value is -2.06. The maximum atomic E-state index is 13.0. The average molecular weight is 453 g/mol. The molecular formula is C17H22F3N3O6S. The van der Waals surface area contributed by atoms with E-state index in [1.165, 1.54) is 6.08 Å². The van der Waals surface area contributed by atoms with Crippen molar-refractivity contribution in [2.24, 2.45) is 0 Å². The van der Waals surface area contributed by atoms with Crippen LogP contribution >= 0.6 is 12.2 Å². The number of rotatable bonds is 6. The molecule has 1 aliphatic rings. The van der Waals surface area contributed by atoms with Gasteiger partial charge in [0.2, 0.25) is 0 Å². The third kappa shape index (κ3) is 5.35. The second-order valence-electron chi connectivity index (χ2n) is 7.01. The van der Waals surface area contributed by atoms with Crippen LogP contribution in [-0.2, 0) is 16.1 Å². The predicted octanol–water partition coefficient (Wildman–Crippen LogP) is 0.374. The number of ether oxygens (including phenoxy) is 1. The molecule has 13 heteroatoms. The first-order chi connectivity index (χ1) is 13.9. The van der Waals surface area contributed by atoms with Crippen molar-refractivity contribution >= 4 is 18.1 Å². The summed E-state index contributed by atoms with van der Waals surface area (Å²) in [6.07, 6.45) is -8.07. The minimum absolute atomic E-state index is 0.225. The highest BCUT2D eigenvalue weighted by Gasteiger charge is 2.44. The van der Waals surface area contributed by atoms with Crippen LogP contribution in [0.4, 0.5) is 13.2 Å². The van der Waals surface area contributed by atoms with Crippen LogP contribution in [0, 0.1) is 4.77 Å². The van der Waals surface area contributed by atoms with E-state index in [1.54, 1.807) is 13.8 Å². The van der Waals surface area contributed by atoms with Gasteiger partial charge in [0, 0.05) is 12.7 Å². The zero-order valence-corrected chi connectivity index (χ0v) is 16.9. The molecule has 0 aromatic carbocycles. The maximum absolute atomic E-state index is 13.0. The van der Waals surface area contributed by atoms with Crippen molar-refractivity contribution in [2.45, 2.75) is 51.1 Å². The molecule has 4 atom stereocenters. The van der Waals surface area contributed by atoms with Gasteiger partial charge in [-0.25, -0.2) is 0 Å². The lowest BCUT2D eigenvalue weighted by atomic mass is 10.1. The van der Waals surface area contributed by atoms with E-state index in [0.717, 1.165) is 10.8 Å². The molecule has 0 spiro atoms. The third-order valence-electron chi connectivity index (χ3n) is 4.44. The van der Waals surface area contributed by atoms with Crippen molar-refractivity contribution < 1.29 is 38.0 Å². The van der Waals surface area contributed by atoms with Crippen LogP contribution < -0.4 is 5.56 Å². The number of aliphatic hydroxyl groups is 3. The molecule has 1 aromatic rings. The summed E-state index contributed by atoms with van der Waals surface area (Å²) in [6, 6.07) is 0. The summed E-state index contributed by atoms with van der Waals surface area (Å²) >= 11 is 5.01. The molecule has 0 aliphatic carbocycles. The molecule has 30 heavy (non-hydrogen) atoms. The van der Waals surface area contributed by atoms with Crippen molar-refractivity contribution in [3.8, 4) is 0 Å². The lowest BCUT2D eigenvalue weighted by molar-refractivity contribution is -0.185. The van der Waals surface area contributed by atoms with E-state index in [4.69, 9.17) is 17.0 Å². The molecule has 0 radical (unpaired) electrons. The summed E-state index contributed by atoms with van der Waals surface area (Å²) in [4.78, 5) is 26.7. The summed E-state index contributed by atoms with van der Waals surface area (Å²) in [7, 11) is 0. The van der Waals surface area contributed by atoms with E-state index in [-0.39, 0.29) is 16.9 Å². The van der Waals surface area contributed by atoms with Crippen molar-refractivity contribution in [2.75, 3.05) is 13.2 Å². The first kappa shape index (κ1) is 24.2. The van der Waals surface area contributed by atoms with Crippen molar-refractivity contribution in [1.82, 2.24) is 14.5 Å². The molecule has 1 aromatic heterocycles. The van der Waals surface area contributed by atoms with E-state index in [2.05, 4.69) is 4.98 Å².